The van der Waals surface area contributed by atoms with Crippen molar-refractivity contribution in [3.8, 4) is 23.0 Å². The topological polar surface area (TPSA) is 47.9 Å². The zero-order chi connectivity index (χ0) is 17.6. The maximum Gasteiger partial charge on any atom is 0.129 e. The van der Waals surface area contributed by atoms with Gasteiger partial charge in [-0.25, -0.2) is 0 Å². The van der Waals surface area contributed by atoms with Gasteiger partial charge in [-0.2, -0.15) is 0 Å². The van der Waals surface area contributed by atoms with Crippen molar-refractivity contribution in [2.75, 3.05) is 13.7 Å². The van der Waals surface area contributed by atoms with Gasteiger partial charge in [0, 0.05) is 23.1 Å². The van der Waals surface area contributed by atoms with E-state index in [0.29, 0.717) is 12.4 Å². The van der Waals surface area contributed by atoms with Gasteiger partial charge >= 0.3 is 0 Å². The summed E-state index contributed by atoms with van der Waals surface area (Å²) >= 11 is 0. The molecule has 0 saturated carbocycles. The Morgan fingerprint density at radius 1 is 1.20 bits per heavy atom. The van der Waals surface area contributed by atoms with Gasteiger partial charge in [0.1, 0.15) is 28.6 Å². The molecule has 0 aromatic heterocycles. The summed E-state index contributed by atoms with van der Waals surface area (Å²) in [6, 6.07) is 9.63. The molecule has 2 aliphatic heterocycles. The maximum absolute atomic E-state index is 10.3. The van der Waals surface area contributed by atoms with Crippen LogP contribution in [0.2, 0.25) is 0 Å². The molecular weight excluding hydrogens is 316 g/mol. The number of hydrogen-bond acceptors (Lipinski definition) is 4. The minimum Gasteiger partial charge on any atom is -0.508 e. The largest absolute Gasteiger partial charge is 0.508 e. The number of phenolic OH excluding ortho intramolecular Hbond substituents is 1. The molecule has 4 nitrogen and oxygen atoms in total. The molecule has 1 N–H and O–H groups in total. The third-order valence-electron chi connectivity index (χ3n) is 5.23. The van der Waals surface area contributed by atoms with Crippen LogP contribution in [0.5, 0.6) is 23.0 Å². The fraction of sp³-hybridized carbons (Fsp3) is 0.429. The summed E-state index contributed by atoms with van der Waals surface area (Å²) in [6.45, 7) is 4.81. The molecule has 0 radical (unpaired) electrons. The van der Waals surface area contributed by atoms with Crippen molar-refractivity contribution in [2.45, 2.75) is 44.6 Å². The molecule has 0 aliphatic carbocycles. The molecule has 2 aliphatic rings. The number of aromatic hydroxyl groups is 1. The molecule has 2 aromatic carbocycles. The molecule has 4 rings (SSSR count). The summed E-state index contributed by atoms with van der Waals surface area (Å²) in [4.78, 5) is 0. The van der Waals surface area contributed by atoms with Crippen LogP contribution >= 0.6 is 0 Å². The Balaban J connectivity index is 1.63. The van der Waals surface area contributed by atoms with E-state index in [2.05, 4.69) is 26.0 Å². The highest BCUT2D eigenvalue weighted by Crippen LogP contribution is 2.44. The number of phenols is 1. The lowest BCUT2D eigenvalue weighted by Crippen LogP contribution is -2.33. The number of rotatable bonds is 2. The Kier molecular flexibility index (Phi) is 3.78. The summed E-state index contributed by atoms with van der Waals surface area (Å²) < 4.78 is 17.4. The fourth-order valence-electron chi connectivity index (χ4n) is 3.81. The highest BCUT2D eigenvalue weighted by atomic mass is 16.5. The van der Waals surface area contributed by atoms with Crippen molar-refractivity contribution in [2.24, 2.45) is 0 Å². The van der Waals surface area contributed by atoms with E-state index < -0.39 is 0 Å². The summed E-state index contributed by atoms with van der Waals surface area (Å²) in [5, 5.41) is 10.3. The first-order chi connectivity index (χ1) is 12.0. The van der Waals surface area contributed by atoms with Crippen molar-refractivity contribution in [3.63, 3.8) is 0 Å². The zero-order valence-electron chi connectivity index (χ0n) is 15.0. The maximum atomic E-state index is 10.3. The van der Waals surface area contributed by atoms with E-state index in [9.17, 15) is 5.11 Å². The Morgan fingerprint density at radius 2 is 2.04 bits per heavy atom. The fourth-order valence-corrected chi connectivity index (χ4v) is 3.81. The van der Waals surface area contributed by atoms with Crippen LogP contribution in [0, 0.1) is 0 Å². The summed E-state index contributed by atoms with van der Waals surface area (Å²) in [6.07, 6.45) is 2.82. The number of benzene rings is 2. The average Bonchev–Trinajstić information content (AvgIpc) is 2.60. The Labute approximate surface area is 148 Å². The lowest BCUT2D eigenvalue weighted by atomic mass is 9.86. The highest BCUT2D eigenvalue weighted by Gasteiger charge is 2.32. The molecule has 132 valence electrons. The van der Waals surface area contributed by atoms with Crippen LogP contribution in [-0.4, -0.2) is 24.4 Å². The van der Waals surface area contributed by atoms with Gasteiger partial charge in [0.25, 0.3) is 0 Å². The number of ether oxygens (including phenoxy) is 3. The Morgan fingerprint density at radius 3 is 2.80 bits per heavy atom. The van der Waals surface area contributed by atoms with Crippen LogP contribution in [-0.2, 0) is 12.8 Å². The van der Waals surface area contributed by atoms with Crippen LogP contribution in [0.1, 0.15) is 42.9 Å². The minimum absolute atomic E-state index is 0.118. The van der Waals surface area contributed by atoms with E-state index >= 15 is 0 Å². The summed E-state index contributed by atoms with van der Waals surface area (Å²) in [7, 11) is 1.60. The zero-order valence-corrected chi connectivity index (χ0v) is 15.0. The van der Waals surface area contributed by atoms with Gasteiger partial charge in [-0.1, -0.05) is 12.1 Å². The molecule has 0 fully saturated rings. The van der Waals surface area contributed by atoms with Crippen LogP contribution in [0.3, 0.4) is 0 Å². The Hall–Kier alpha value is -2.36. The molecule has 0 unspecified atom stereocenters. The monoisotopic (exact) mass is 340 g/mol. The van der Waals surface area contributed by atoms with E-state index in [0.717, 1.165) is 36.3 Å². The van der Waals surface area contributed by atoms with E-state index in [1.807, 2.05) is 12.1 Å². The van der Waals surface area contributed by atoms with Gasteiger partial charge in [-0.15, -0.1) is 0 Å². The van der Waals surface area contributed by atoms with Gasteiger partial charge in [-0.05, 0) is 50.8 Å². The smallest absolute Gasteiger partial charge is 0.129 e. The molecule has 0 bridgehead atoms. The molecule has 0 amide bonds. The normalized spacial score (nSPS) is 20.7. The first-order valence-electron chi connectivity index (χ1n) is 8.80. The minimum atomic E-state index is -0.118. The molecule has 0 saturated heterocycles. The van der Waals surface area contributed by atoms with Crippen LogP contribution in [0.15, 0.2) is 30.3 Å². The van der Waals surface area contributed by atoms with Crippen molar-refractivity contribution in [3.05, 3.63) is 47.0 Å². The predicted molar refractivity (Wildman–Crippen MR) is 96.1 cm³/mol. The van der Waals surface area contributed by atoms with Crippen LogP contribution in [0.25, 0.3) is 0 Å². The second kappa shape index (κ2) is 5.87. The SMILES string of the molecule is COc1ccc([C@@H]2COc3c(ccc4c3CCC(C)(C)O4)C2)c(O)c1. The van der Waals surface area contributed by atoms with E-state index in [4.69, 9.17) is 14.2 Å². The van der Waals surface area contributed by atoms with Crippen LogP contribution in [0.4, 0.5) is 0 Å². The van der Waals surface area contributed by atoms with Crippen molar-refractivity contribution in [1.82, 2.24) is 0 Å². The van der Waals surface area contributed by atoms with Gasteiger partial charge in [-0.3, -0.25) is 0 Å². The molecule has 1 atom stereocenters. The van der Waals surface area contributed by atoms with Gasteiger partial charge in [0.15, 0.2) is 0 Å². The molecular formula is C21H24O4. The third kappa shape index (κ3) is 2.90. The van der Waals surface area contributed by atoms with E-state index in [-0.39, 0.29) is 17.3 Å². The summed E-state index contributed by atoms with van der Waals surface area (Å²) in [5.41, 5.74) is 3.16. The second-order valence-corrected chi connectivity index (χ2v) is 7.53. The number of methoxy groups -OCH3 is 1. The van der Waals surface area contributed by atoms with Gasteiger partial charge in [0.2, 0.25) is 0 Å². The molecule has 0 spiro atoms. The quantitative estimate of drug-likeness (QED) is 0.889. The van der Waals surface area contributed by atoms with Crippen LogP contribution < -0.4 is 14.2 Å². The molecule has 2 aromatic rings. The van der Waals surface area contributed by atoms with E-state index in [1.54, 1.807) is 13.2 Å². The Bertz CT molecular complexity index is 810. The lowest BCUT2D eigenvalue weighted by Gasteiger charge is -2.35. The molecule has 4 heteroatoms. The van der Waals surface area contributed by atoms with Gasteiger partial charge in [0.05, 0.1) is 13.7 Å². The van der Waals surface area contributed by atoms with Crippen molar-refractivity contribution >= 4 is 0 Å². The first kappa shape index (κ1) is 16.1. The third-order valence-corrected chi connectivity index (χ3v) is 5.23. The summed E-state index contributed by atoms with van der Waals surface area (Å²) in [5.74, 6) is 2.99. The van der Waals surface area contributed by atoms with Crippen molar-refractivity contribution in [1.29, 1.82) is 0 Å². The van der Waals surface area contributed by atoms with Crippen molar-refractivity contribution < 1.29 is 19.3 Å². The second-order valence-electron chi connectivity index (χ2n) is 7.53. The van der Waals surface area contributed by atoms with E-state index in [1.165, 1.54) is 11.1 Å². The first-order valence-corrected chi connectivity index (χ1v) is 8.80. The highest BCUT2D eigenvalue weighted by molar-refractivity contribution is 5.54. The number of fused-ring (bicyclic) bond motifs is 3. The standard InChI is InChI=1S/C21H24O4/c1-21(2)9-8-17-19(25-21)7-4-13-10-14(12-24-20(13)17)16-6-5-15(23-3)11-18(16)22/h4-7,11,14,22H,8-10,12H2,1-3H3/t14-/m0/s1. The average molecular weight is 340 g/mol. The molecule has 25 heavy (non-hydrogen) atoms. The lowest BCUT2D eigenvalue weighted by molar-refractivity contribution is 0.0826. The molecule has 2 heterocycles. The van der Waals surface area contributed by atoms with Gasteiger partial charge < -0.3 is 19.3 Å². The number of hydrogen-bond donors (Lipinski definition) is 1. The predicted octanol–water partition coefficient (Wildman–Crippen LogP) is 4.22.